The average Bonchev–Trinajstić information content (AvgIpc) is 2.49. The first-order valence-corrected chi connectivity index (χ1v) is 5.24. The van der Waals surface area contributed by atoms with Crippen molar-refractivity contribution in [2.24, 2.45) is 18.2 Å². The van der Waals surface area contributed by atoms with Gasteiger partial charge in [-0.2, -0.15) is 5.10 Å². The monoisotopic (exact) mass is 224 g/mol. The van der Waals surface area contributed by atoms with E-state index in [1.807, 2.05) is 27.7 Å². The molecule has 0 fully saturated rings. The zero-order chi connectivity index (χ0) is 12.6. The summed E-state index contributed by atoms with van der Waals surface area (Å²) in [5.41, 5.74) is 4.75. The SMILES string of the molecule is Cn1nccc1NC(=O)C(C)(C)C(C)(C)N. The molecular weight excluding hydrogens is 204 g/mol. The van der Waals surface area contributed by atoms with E-state index < -0.39 is 11.0 Å². The molecule has 1 amide bonds. The number of rotatable bonds is 3. The fourth-order valence-electron chi connectivity index (χ4n) is 1.06. The molecule has 90 valence electrons. The number of anilines is 1. The highest BCUT2D eigenvalue weighted by Crippen LogP contribution is 2.29. The number of carbonyl (C=O) groups excluding carboxylic acids is 1. The Morgan fingerprint density at radius 1 is 1.44 bits per heavy atom. The normalized spacial score (nSPS) is 12.6. The van der Waals surface area contributed by atoms with E-state index in [4.69, 9.17) is 5.73 Å². The van der Waals surface area contributed by atoms with Crippen LogP contribution in [0.25, 0.3) is 0 Å². The number of aryl methyl sites for hydroxylation is 1. The summed E-state index contributed by atoms with van der Waals surface area (Å²) in [7, 11) is 1.77. The Labute approximate surface area is 96.0 Å². The van der Waals surface area contributed by atoms with E-state index in [2.05, 4.69) is 10.4 Å². The molecule has 0 spiro atoms. The standard InChI is InChI=1S/C11H20N4O/c1-10(2,11(3,4)12)9(16)14-8-6-7-13-15(8)5/h6-7H,12H2,1-5H3,(H,14,16). The van der Waals surface area contributed by atoms with Crippen molar-refractivity contribution >= 4 is 11.7 Å². The molecule has 1 heterocycles. The van der Waals surface area contributed by atoms with Crippen molar-refractivity contribution in [3.05, 3.63) is 12.3 Å². The molecule has 0 aliphatic carbocycles. The number of carbonyl (C=O) groups is 1. The second-order valence-electron chi connectivity index (χ2n) is 5.14. The van der Waals surface area contributed by atoms with Gasteiger partial charge in [-0.1, -0.05) is 0 Å². The number of aromatic nitrogens is 2. The van der Waals surface area contributed by atoms with Crippen LogP contribution in [0.15, 0.2) is 12.3 Å². The first-order chi connectivity index (χ1) is 7.16. The van der Waals surface area contributed by atoms with Crippen LogP contribution in [0.4, 0.5) is 5.82 Å². The number of nitrogens with one attached hydrogen (secondary N) is 1. The Hall–Kier alpha value is -1.36. The van der Waals surface area contributed by atoms with Crippen LogP contribution in [0.2, 0.25) is 0 Å². The second kappa shape index (κ2) is 3.90. The van der Waals surface area contributed by atoms with Gasteiger partial charge in [0.25, 0.3) is 0 Å². The Kier molecular flexibility index (Phi) is 3.10. The van der Waals surface area contributed by atoms with Gasteiger partial charge in [-0.05, 0) is 27.7 Å². The van der Waals surface area contributed by atoms with Gasteiger partial charge in [-0.3, -0.25) is 9.48 Å². The maximum absolute atomic E-state index is 12.1. The summed E-state index contributed by atoms with van der Waals surface area (Å²) in [5, 5.41) is 6.80. The minimum Gasteiger partial charge on any atom is -0.325 e. The summed E-state index contributed by atoms with van der Waals surface area (Å²) in [5.74, 6) is 0.561. The molecule has 1 aromatic heterocycles. The lowest BCUT2D eigenvalue weighted by molar-refractivity contribution is -0.126. The maximum atomic E-state index is 12.1. The van der Waals surface area contributed by atoms with E-state index in [0.29, 0.717) is 5.82 Å². The number of nitrogens with zero attached hydrogens (tertiary/aromatic N) is 2. The van der Waals surface area contributed by atoms with Crippen molar-refractivity contribution in [3.8, 4) is 0 Å². The Morgan fingerprint density at radius 3 is 2.38 bits per heavy atom. The molecule has 3 N–H and O–H groups in total. The minimum absolute atomic E-state index is 0.108. The number of hydrogen-bond donors (Lipinski definition) is 2. The third-order valence-electron chi connectivity index (χ3n) is 3.24. The molecule has 0 bridgehead atoms. The molecule has 0 saturated heterocycles. The molecule has 16 heavy (non-hydrogen) atoms. The van der Waals surface area contributed by atoms with Crippen LogP contribution in [0, 0.1) is 5.41 Å². The quantitative estimate of drug-likeness (QED) is 0.808. The van der Waals surface area contributed by atoms with Gasteiger partial charge in [0.1, 0.15) is 5.82 Å². The van der Waals surface area contributed by atoms with Gasteiger partial charge in [0.2, 0.25) is 5.91 Å². The first-order valence-electron chi connectivity index (χ1n) is 5.24. The van der Waals surface area contributed by atoms with E-state index in [0.717, 1.165) is 0 Å². The van der Waals surface area contributed by atoms with Crippen LogP contribution in [-0.4, -0.2) is 21.2 Å². The highest BCUT2D eigenvalue weighted by Gasteiger charge is 2.40. The van der Waals surface area contributed by atoms with Gasteiger partial charge in [-0.25, -0.2) is 0 Å². The van der Waals surface area contributed by atoms with Gasteiger partial charge in [0.15, 0.2) is 0 Å². The lowest BCUT2D eigenvalue weighted by Gasteiger charge is -2.36. The van der Waals surface area contributed by atoms with Crippen molar-refractivity contribution in [2.45, 2.75) is 33.2 Å². The van der Waals surface area contributed by atoms with E-state index in [9.17, 15) is 4.79 Å². The number of amides is 1. The van der Waals surface area contributed by atoms with Crippen LogP contribution in [-0.2, 0) is 11.8 Å². The van der Waals surface area contributed by atoms with E-state index in [1.165, 1.54) is 0 Å². The fraction of sp³-hybridized carbons (Fsp3) is 0.636. The zero-order valence-corrected chi connectivity index (χ0v) is 10.5. The fourth-order valence-corrected chi connectivity index (χ4v) is 1.06. The summed E-state index contributed by atoms with van der Waals surface area (Å²) < 4.78 is 1.61. The van der Waals surface area contributed by atoms with E-state index in [-0.39, 0.29) is 5.91 Å². The third-order valence-corrected chi connectivity index (χ3v) is 3.24. The molecule has 1 rings (SSSR count). The Bertz CT molecular complexity index is 387. The summed E-state index contributed by atoms with van der Waals surface area (Å²) in [6.07, 6.45) is 1.64. The number of nitrogens with two attached hydrogens (primary N) is 1. The van der Waals surface area contributed by atoms with Gasteiger partial charge in [0.05, 0.1) is 11.6 Å². The van der Waals surface area contributed by atoms with Gasteiger partial charge >= 0.3 is 0 Å². The molecule has 5 nitrogen and oxygen atoms in total. The minimum atomic E-state index is -0.655. The van der Waals surface area contributed by atoms with Crippen LogP contribution in [0.5, 0.6) is 0 Å². The Balaban J connectivity index is 2.85. The van der Waals surface area contributed by atoms with Crippen molar-refractivity contribution < 1.29 is 4.79 Å². The topological polar surface area (TPSA) is 72.9 Å². The highest BCUT2D eigenvalue weighted by atomic mass is 16.2. The lowest BCUT2D eigenvalue weighted by atomic mass is 9.74. The van der Waals surface area contributed by atoms with Gasteiger partial charge in [-0.15, -0.1) is 0 Å². The molecule has 0 radical (unpaired) electrons. The molecule has 0 atom stereocenters. The molecule has 0 saturated carbocycles. The highest BCUT2D eigenvalue weighted by molar-refractivity contribution is 5.95. The molecule has 5 heteroatoms. The van der Waals surface area contributed by atoms with Crippen LogP contribution in [0.3, 0.4) is 0 Å². The van der Waals surface area contributed by atoms with E-state index in [1.54, 1.807) is 24.0 Å². The van der Waals surface area contributed by atoms with E-state index >= 15 is 0 Å². The van der Waals surface area contributed by atoms with Crippen molar-refractivity contribution in [2.75, 3.05) is 5.32 Å². The summed E-state index contributed by atoms with van der Waals surface area (Å²) in [6.45, 7) is 7.35. The third kappa shape index (κ3) is 2.24. The van der Waals surface area contributed by atoms with Gasteiger partial charge < -0.3 is 11.1 Å². The first kappa shape index (κ1) is 12.7. The Morgan fingerprint density at radius 2 is 2.00 bits per heavy atom. The van der Waals surface area contributed by atoms with Crippen LogP contribution < -0.4 is 11.1 Å². The number of hydrogen-bond acceptors (Lipinski definition) is 3. The molecule has 0 unspecified atom stereocenters. The van der Waals surface area contributed by atoms with Gasteiger partial charge in [0, 0.05) is 18.7 Å². The molecule has 0 aliphatic rings. The molecular formula is C11H20N4O. The summed E-state index contributed by atoms with van der Waals surface area (Å²) in [4.78, 5) is 12.1. The van der Waals surface area contributed by atoms with Crippen LogP contribution in [0.1, 0.15) is 27.7 Å². The maximum Gasteiger partial charge on any atom is 0.233 e. The van der Waals surface area contributed by atoms with Crippen molar-refractivity contribution in [1.82, 2.24) is 9.78 Å². The predicted octanol–water partition coefficient (Wildman–Crippen LogP) is 1.12. The largest absolute Gasteiger partial charge is 0.325 e. The smallest absolute Gasteiger partial charge is 0.233 e. The predicted molar refractivity (Wildman–Crippen MR) is 63.9 cm³/mol. The lowest BCUT2D eigenvalue weighted by Crippen LogP contribution is -2.53. The average molecular weight is 224 g/mol. The molecule has 1 aromatic rings. The second-order valence-corrected chi connectivity index (χ2v) is 5.14. The van der Waals surface area contributed by atoms with Crippen molar-refractivity contribution in [3.63, 3.8) is 0 Å². The van der Waals surface area contributed by atoms with Crippen LogP contribution >= 0.6 is 0 Å². The summed E-state index contributed by atoms with van der Waals surface area (Å²) >= 11 is 0. The molecule has 0 aliphatic heterocycles. The molecule has 0 aromatic carbocycles. The van der Waals surface area contributed by atoms with Crippen molar-refractivity contribution in [1.29, 1.82) is 0 Å². The summed E-state index contributed by atoms with van der Waals surface area (Å²) in [6, 6.07) is 1.75. The zero-order valence-electron chi connectivity index (χ0n) is 10.5.